The Morgan fingerprint density at radius 1 is 1.14 bits per heavy atom. The molecular weight excluding hydrogens is 356 g/mol. The van der Waals surface area contributed by atoms with Crippen molar-refractivity contribution in [2.45, 2.75) is 33.2 Å². The molecule has 0 amide bonds. The van der Waals surface area contributed by atoms with Crippen LogP contribution in [0.4, 0.5) is 0 Å². The number of aliphatic hydroxyl groups is 1. The Morgan fingerprint density at radius 2 is 1.86 bits per heavy atom. The minimum Gasteiger partial charge on any atom is -0.507 e. The van der Waals surface area contributed by atoms with Crippen LogP contribution in [0.2, 0.25) is 0 Å². The highest BCUT2D eigenvalue weighted by Crippen LogP contribution is 2.24. The van der Waals surface area contributed by atoms with E-state index in [-0.39, 0.29) is 28.6 Å². The largest absolute Gasteiger partial charge is 0.507 e. The fourth-order valence-electron chi connectivity index (χ4n) is 3.72. The monoisotopic (exact) mass is 382 g/mol. The van der Waals surface area contributed by atoms with Gasteiger partial charge in [-0.15, -0.1) is 0 Å². The van der Waals surface area contributed by atoms with Gasteiger partial charge >= 0.3 is 0 Å². The summed E-state index contributed by atoms with van der Waals surface area (Å²) < 4.78 is 2.04. The molecule has 0 aliphatic heterocycles. The van der Waals surface area contributed by atoms with Gasteiger partial charge in [-0.25, -0.2) is 0 Å². The molecule has 0 fully saturated rings. The molecular formula is C22H26N2O4. The number of rotatable bonds is 6. The number of benzene rings is 1. The smallest absolute Gasteiger partial charge is 0.163 e. The average molecular weight is 382 g/mol. The summed E-state index contributed by atoms with van der Waals surface area (Å²) in [6.07, 6.45) is 4.72. The van der Waals surface area contributed by atoms with Crippen molar-refractivity contribution in [2.75, 3.05) is 20.6 Å². The molecule has 2 aromatic rings. The van der Waals surface area contributed by atoms with Gasteiger partial charge < -0.3 is 19.7 Å². The van der Waals surface area contributed by atoms with Crippen LogP contribution >= 0.6 is 0 Å². The first-order valence-corrected chi connectivity index (χ1v) is 9.36. The first kappa shape index (κ1) is 19.9. The van der Waals surface area contributed by atoms with Crippen LogP contribution in [0.5, 0.6) is 5.75 Å². The molecule has 3 rings (SSSR count). The maximum absolute atomic E-state index is 11.9. The van der Waals surface area contributed by atoms with Gasteiger partial charge in [-0.3, -0.25) is 9.59 Å². The number of carbonyl (C=O) groups excluding carboxylic acids is 2. The highest BCUT2D eigenvalue weighted by molar-refractivity contribution is 6.02. The van der Waals surface area contributed by atoms with Crippen LogP contribution in [-0.2, 0) is 11.3 Å². The lowest BCUT2D eigenvalue weighted by Crippen LogP contribution is -2.30. The molecule has 1 aliphatic rings. The number of Topliss-reactive ketones (excluding diaryl/α,β-unsaturated/α-hetero) is 2. The zero-order valence-corrected chi connectivity index (χ0v) is 16.7. The lowest BCUT2D eigenvalue weighted by atomic mass is 10.1. The van der Waals surface area contributed by atoms with E-state index in [0.29, 0.717) is 18.5 Å². The van der Waals surface area contributed by atoms with Crippen molar-refractivity contribution in [3.63, 3.8) is 0 Å². The second-order valence-corrected chi connectivity index (χ2v) is 7.52. The van der Waals surface area contributed by atoms with E-state index in [2.05, 4.69) is 4.90 Å². The summed E-state index contributed by atoms with van der Waals surface area (Å²) in [5.74, 6) is -0.460. The van der Waals surface area contributed by atoms with Gasteiger partial charge in [0.25, 0.3) is 0 Å². The number of carbonyl (C=O) groups is 2. The van der Waals surface area contributed by atoms with Gasteiger partial charge in [0, 0.05) is 34.9 Å². The standard InChI is InChI=1S/C22H26N2O4/c1-13(25)15-6-7-16-18-10-17(14(2)26)22(28)12-20(18)24(9-5-8-23(3)4)19(16)11-21(15)27/h7,10-12,27-28H,5-6,8-9H2,1-4H3. The molecule has 0 saturated heterocycles. The number of aryl methyl sites for hydroxylation is 1. The highest BCUT2D eigenvalue weighted by atomic mass is 16.3. The van der Waals surface area contributed by atoms with Gasteiger partial charge in [0.2, 0.25) is 0 Å². The number of ketones is 2. The van der Waals surface area contributed by atoms with Gasteiger partial charge in [-0.2, -0.15) is 0 Å². The highest BCUT2D eigenvalue weighted by Gasteiger charge is 2.18. The Hall–Kier alpha value is -2.86. The zero-order chi connectivity index (χ0) is 20.6. The van der Waals surface area contributed by atoms with Gasteiger partial charge in [-0.05, 0) is 53.4 Å². The molecule has 28 heavy (non-hydrogen) atoms. The normalized spacial score (nSPS) is 13.9. The Bertz CT molecular complexity index is 1120. The van der Waals surface area contributed by atoms with E-state index in [4.69, 9.17) is 0 Å². The Balaban J connectivity index is 2.31. The van der Waals surface area contributed by atoms with Gasteiger partial charge in [-0.1, -0.05) is 6.08 Å². The molecule has 1 aliphatic carbocycles. The predicted molar refractivity (Wildman–Crippen MR) is 110 cm³/mol. The molecule has 0 saturated carbocycles. The van der Waals surface area contributed by atoms with Crippen molar-refractivity contribution in [1.29, 1.82) is 0 Å². The van der Waals surface area contributed by atoms with Gasteiger partial charge in [0.15, 0.2) is 11.6 Å². The molecule has 2 N–H and O–H groups in total. The first-order chi connectivity index (χ1) is 13.2. The maximum Gasteiger partial charge on any atom is 0.163 e. The number of aliphatic hydroxyl groups excluding tert-OH is 1. The summed E-state index contributed by atoms with van der Waals surface area (Å²) in [5.41, 5.74) is 1.44. The molecule has 148 valence electrons. The molecule has 0 atom stereocenters. The quantitative estimate of drug-likeness (QED) is 0.746. The number of phenols is 1. The number of hydrogen-bond acceptors (Lipinski definition) is 5. The van der Waals surface area contributed by atoms with Crippen molar-refractivity contribution in [3.8, 4) is 5.75 Å². The average Bonchev–Trinajstić information content (AvgIpc) is 2.74. The minimum absolute atomic E-state index is 0.0322. The summed E-state index contributed by atoms with van der Waals surface area (Å²) >= 11 is 0. The van der Waals surface area contributed by atoms with Crippen molar-refractivity contribution in [2.24, 2.45) is 0 Å². The van der Waals surface area contributed by atoms with Crippen molar-refractivity contribution >= 4 is 34.6 Å². The third-order valence-electron chi connectivity index (χ3n) is 5.15. The van der Waals surface area contributed by atoms with Gasteiger partial charge in [0.1, 0.15) is 11.5 Å². The Morgan fingerprint density at radius 3 is 2.46 bits per heavy atom. The van der Waals surface area contributed by atoms with Crippen LogP contribution in [0, 0.1) is 0 Å². The third kappa shape index (κ3) is 3.60. The minimum atomic E-state index is -0.212. The van der Waals surface area contributed by atoms with Crippen LogP contribution in [0.1, 0.15) is 37.0 Å². The Kier molecular flexibility index (Phi) is 5.42. The molecule has 0 radical (unpaired) electrons. The molecule has 6 nitrogen and oxygen atoms in total. The van der Waals surface area contributed by atoms with Crippen molar-refractivity contribution in [3.05, 3.63) is 39.6 Å². The number of fused-ring (bicyclic) bond motifs is 3. The summed E-state index contributed by atoms with van der Waals surface area (Å²) in [5, 5.41) is 23.3. The number of nitrogens with zero attached hydrogens (tertiary/aromatic N) is 2. The fourth-order valence-corrected chi connectivity index (χ4v) is 3.72. The summed E-state index contributed by atoms with van der Waals surface area (Å²) in [6.45, 7) is 4.43. The van der Waals surface area contributed by atoms with E-state index in [9.17, 15) is 19.8 Å². The fraction of sp³-hybridized carbons (Fsp3) is 0.364. The SMILES string of the molecule is CC(=O)C1=C(O)C=c2c(c3cc(C(C)=O)c(O)cc3n2CCCN(C)C)=CC1. The maximum atomic E-state index is 11.9. The molecule has 0 spiro atoms. The van der Waals surface area contributed by atoms with Crippen LogP contribution in [0.25, 0.3) is 23.1 Å². The molecule has 1 aromatic heterocycles. The molecule has 6 heteroatoms. The van der Waals surface area contributed by atoms with Gasteiger partial charge in [0.05, 0.1) is 16.4 Å². The molecule has 1 aromatic carbocycles. The van der Waals surface area contributed by atoms with E-state index in [1.165, 1.54) is 13.8 Å². The number of allylic oxidation sites excluding steroid dienone is 2. The number of hydrogen-bond donors (Lipinski definition) is 2. The lowest BCUT2D eigenvalue weighted by Gasteiger charge is -2.12. The summed E-state index contributed by atoms with van der Waals surface area (Å²) in [4.78, 5) is 25.9. The zero-order valence-electron chi connectivity index (χ0n) is 16.7. The van der Waals surface area contributed by atoms with Crippen LogP contribution in [-0.4, -0.2) is 51.9 Å². The van der Waals surface area contributed by atoms with E-state index in [1.807, 2.05) is 24.7 Å². The van der Waals surface area contributed by atoms with Crippen molar-refractivity contribution < 1.29 is 19.8 Å². The topological polar surface area (TPSA) is 82.8 Å². The number of phenolic OH excluding ortho intramolecular Hbond substituents is 1. The number of aromatic nitrogens is 1. The molecule has 0 unspecified atom stereocenters. The number of aromatic hydroxyl groups is 1. The van der Waals surface area contributed by atoms with E-state index >= 15 is 0 Å². The predicted octanol–water partition coefficient (Wildman–Crippen LogP) is 1.87. The second-order valence-electron chi connectivity index (χ2n) is 7.52. The van der Waals surface area contributed by atoms with E-state index in [0.717, 1.165) is 34.4 Å². The second kappa shape index (κ2) is 7.64. The summed E-state index contributed by atoms with van der Waals surface area (Å²) in [7, 11) is 4.01. The van der Waals surface area contributed by atoms with E-state index < -0.39 is 0 Å². The third-order valence-corrected chi connectivity index (χ3v) is 5.15. The van der Waals surface area contributed by atoms with E-state index in [1.54, 1.807) is 18.2 Å². The summed E-state index contributed by atoms with van der Waals surface area (Å²) in [6, 6.07) is 3.32. The van der Waals surface area contributed by atoms with Crippen molar-refractivity contribution in [1.82, 2.24) is 9.47 Å². The van der Waals surface area contributed by atoms with Crippen LogP contribution in [0.15, 0.2) is 23.5 Å². The van der Waals surface area contributed by atoms with Crippen LogP contribution < -0.4 is 10.6 Å². The lowest BCUT2D eigenvalue weighted by molar-refractivity contribution is -0.113. The Labute approximate surface area is 163 Å². The first-order valence-electron chi connectivity index (χ1n) is 9.36. The molecule has 0 bridgehead atoms. The van der Waals surface area contributed by atoms with Crippen LogP contribution in [0.3, 0.4) is 0 Å². The molecule has 1 heterocycles.